The Hall–Kier alpha value is -7.30. The summed E-state index contributed by atoms with van der Waals surface area (Å²) in [6, 6.07) is 67.1. The number of benzene rings is 9. The van der Waals surface area contributed by atoms with Gasteiger partial charge in [0.15, 0.2) is 0 Å². The zero-order valence-electron chi connectivity index (χ0n) is 29.3. The van der Waals surface area contributed by atoms with Crippen LogP contribution in [0.2, 0.25) is 0 Å². The van der Waals surface area contributed by atoms with E-state index in [4.69, 9.17) is 9.97 Å². The van der Waals surface area contributed by atoms with E-state index < -0.39 is 0 Å². The Morgan fingerprint density at radius 3 is 1.74 bits per heavy atom. The molecular weight excluding hydrogens is 657 g/mol. The Labute approximate surface area is 311 Å². The fourth-order valence-corrected chi connectivity index (χ4v) is 8.33. The summed E-state index contributed by atoms with van der Waals surface area (Å²) in [6.45, 7) is 0. The van der Waals surface area contributed by atoms with Crippen molar-refractivity contribution in [3.8, 4) is 16.9 Å². The fraction of sp³-hybridized carbons (Fsp3) is 0. The van der Waals surface area contributed by atoms with E-state index in [-0.39, 0.29) is 0 Å². The van der Waals surface area contributed by atoms with Crippen LogP contribution >= 0.6 is 0 Å². The van der Waals surface area contributed by atoms with Crippen LogP contribution in [0.5, 0.6) is 0 Å². The third-order valence-corrected chi connectivity index (χ3v) is 10.8. The van der Waals surface area contributed by atoms with E-state index in [1.54, 1.807) is 0 Å². The van der Waals surface area contributed by atoms with E-state index in [1.807, 2.05) is 6.20 Å². The lowest BCUT2D eigenvalue weighted by molar-refractivity contribution is 1.20. The minimum absolute atomic E-state index is 0.850. The van der Waals surface area contributed by atoms with Crippen molar-refractivity contribution >= 4 is 82.2 Å². The molecule has 0 spiro atoms. The van der Waals surface area contributed by atoms with E-state index in [9.17, 15) is 0 Å². The largest absolute Gasteiger partial charge is 0.310 e. The monoisotopic (exact) mass is 688 g/mol. The molecule has 252 valence electrons. The van der Waals surface area contributed by atoms with Gasteiger partial charge in [-0.15, -0.1) is 0 Å². The standard InChI is InChI=1S/C50H32N4/c1-2-15-35(16-3-1)53(37-29-30-48-44(31-37)41-20-10-11-23-47(41)54(48)46-24-12-14-33-13-4-5-17-38(33)46)36-27-25-34(26-28-36)45-32-51-49-42-21-8-6-18-39(42)40-19-7-9-22-43(40)50(49)52-45/h1-32H. The first-order chi connectivity index (χ1) is 26.8. The number of anilines is 3. The maximum absolute atomic E-state index is 5.25. The molecule has 4 heteroatoms. The highest BCUT2D eigenvalue weighted by molar-refractivity contribution is 6.23. The van der Waals surface area contributed by atoms with Gasteiger partial charge in [-0.1, -0.05) is 133 Å². The van der Waals surface area contributed by atoms with Crippen molar-refractivity contribution in [1.29, 1.82) is 0 Å². The average Bonchev–Trinajstić information content (AvgIpc) is 3.57. The maximum atomic E-state index is 5.25. The lowest BCUT2D eigenvalue weighted by Gasteiger charge is -2.26. The van der Waals surface area contributed by atoms with Crippen molar-refractivity contribution in [1.82, 2.24) is 14.5 Å². The molecule has 2 heterocycles. The van der Waals surface area contributed by atoms with Gasteiger partial charge in [-0.3, -0.25) is 4.98 Å². The quantitative estimate of drug-likeness (QED) is 0.169. The zero-order valence-corrected chi connectivity index (χ0v) is 29.3. The summed E-state index contributed by atoms with van der Waals surface area (Å²) >= 11 is 0. The molecule has 0 bridgehead atoms. The number of rotatable bonds is 5. The normalized spacial score (nSPS) is 11.7. The van der Waals surface area contributed by atoms with Gasteiger partial charge < -0.3 is 9.47 Å². The van der Waals surface area contributed by atoms with Gasteiger partial charge in [0.05, 0.1) is 39.6 Å². The zero-order chi connectivity index (χ0) is 35.6. The van der Waals surface area contributed by atoms with Gasteiger partial charge in [0.2, 0.25) is 0 Å². The van der Waals surface area contributed by atoms with Crippen LogP contribution in [-0.2, 0) is 0 Å². The molecule has 0 atom stereocenters. The van der Waals surface area contributed by atoms with Crippen LogP contribution in [0.1, 0.15) is 0 Å². The highest BCUT2D eigenvalue weighted by atomic mass is 15.1. The second kappa shape index (κ2) is 12.1. The molecule has 2 aromatic heterocycles. The second-order valence-corrected chi connectivity index (χ2v) is 13.8. The van der Waals surface area contributed by atoms with E-state index in [2.05, 4.69) is 198 Å². The summed E-state index contributed by atoms with van der Waals surface area (Å²) in [5, 5.41) is 9.52. The highest BCUT2D eigenvalue weighted by Gasteiger charge is 2.19. The predicted molar refractivity (Wildman–Crippen MR) is 227 cm³/mol. The third-order valence-electron chi connectivity index (χ3n) is 10.8. The Morgan fingerprint density at radius 2 is 0.963 bits per heavy atom. The van der Waals surface area contributed by atoms with Crippen LogP contribution < -0.4 is 4.90 Å². The lowest BCUT2D eigenvalue weighted by Crippen LogP contribution is -2.09. The molecule has 0 saturated heterocycles. The Balaban J connectivity index is 1.05. The van der Waals surface area contributed by atoms with Crippen LogP contribution in [0.25, 0.3) is 82.1 Å². The summed E-state index contributed by atoms with van der Waals surface area (Å²) in [5.74, 6) is 0. The topological polar surface area (TPSA) is 34.0 Å². The van der Waals surface area contributed by atoms with Crippen molar-refractivity contribution in [2.75, 3.05) is 4.90 Å². The van der Waals surface area contributed by atoms with Crippen LogP contribution in [-0.4, -0.2) is 14.5 Å². The summed E-state index contributed by atoms with van der Waals surface area (Å²) in [7, 11) is 0. The second-order valence-electron chi connectivity index (χ2n) is 13.8. The number of hydrogen-bond donors (Lipinski definition) is 0. The first kappa shape index (κ1) is 30.3. The number of hydrogen-bond acceptors (Lipinski definition) is 3. The molecule has 0 amide bonds. The molecule has 54 heavy (non-hydrogen) atoms. The number of nitrogens with zero attached hydrogens (tertiary/aromatic N) is 4. The minimum Gasteiger partial charge on any atom is -0.310 e. The van der Waals surface area contributed by atoms with E-state index in [0.717, 1.165) is 50.1 Å². The first-order valence-electron chi connectivity index (χ1n) is 18.3. The van der Waals surface area contributed by atoms with Gasteiger partial charge >= 0.3 is 0 Å². The molecular formula is C50H32N4. The molecule has 0 N–H and O–H groups in total. The summed E-state index contributed by atoms with van der Waals surface area (Å²) in [5.41, 5.74) is 10.5. The van der Waals surface area contributed by atoms with Crippen molar-refractivity contribution in [3.63, 3.8) is 0 Å². The predicted octanol–water partition coefficient (Wildman–Crippen LogP) is 13.3. The van der Waals surface area contributed by atoms with Crippen LogP contribution in [0, 0.1) is 0 Å². The van der Waals surface area contributed by atoms with E-state index in [0.29, 0.717) is 0 Å². The van der Waals surface area contributed by atoms with Crippen molar-refractivity contribution < 1.29 is 0 Å². The van der Waals surface area contributed by atoms with Gasteiger partial charge in [0.1, 0.15) is 0 Å². The Bertz CT molecular complexity index is 3180. The molecule has 0 aliphatic carbocycles. The van der Waals surface area contributed by atoms with E-state index in [1.165, 1.54) is 49.0 Å². The Kier molecular flexibility index (Phi) is 6.82. The van der Waals surface area contributed by atoms with Gasteiger partial charge in [-0.05, 0) is 70.8 Å². The number of para-hydroxylation sites is 2. The lowest BCUT2D eigenvalue weighted by atomic mass is 9.99. The van der Waals surface area contributed by atoms with Crippen molar-refractivity contribution in [2.24, 2.45) is 0 Å². The molecule has 11 rings (SSSR count). The minimum atomic E-state index is 0.850. The van der Waals surface area contributed by atoms with Crippen molar-refractivity contribution in [3.05, 3.63) is 194 Å². The smallest absolute Gasteiger partial charge is 0.0979 e. The summed E-state index contributed by atoms with van der Waals surface area (Å²) in [4.78, 5) is 12.6. The van der Waals surface area contributed by atoms with Gasteiger partial charge in [-0.2, -0.15) is 0 Å². The van der Waals surface area contributed by atoms with Crippen molar-refractivity contribution in [2.45, 2.75) is 0 Å². The molecule has 0 radical (unpaired) electrons. The SMILES string of the molecule is c1ccc(N(c2ccc(-c3cnc4c5ccccc5c5ccccc5c4n3)cc2)c2ccc3c(c2)c2ccccc2n3-c2cccc3ccccc23)cc1. The molecule has 11 aromatic rings. The summed E-state index contributed by atoms with van der Waals surface area (Å²) in [6.07, 6.45) is 1.91. The third kappa shape index (κ3) is 4.70. The molecule has 0 fully saturated rings. The van der Waals surface area contributed by atoms with Gasteiger partial charge in [0, 0.05) is 49.6 Å². The van der Waals surface area contributed by atoms with Gasteiger partial charge in [0.25, 0.3) is 0 Å². The average molecular weight is 689 g/mol. The van der Waals surface area contributed by atoms with E-state index >= 15 is 0 Å². The molecule has 0 aliphatic rings. The molecule has 0 saturated carbocycles. The Morgan fingerprint density at radius 1 is 0.389 bits per heavy atom. The molecule has 4 nitrogen and oxygen atoms in total. The highest BCUT2D eigenvalue weighted by Crippen LogP contribution is 2.41. The van der Waals surface area contributed by atoms with Crippen LogP contribution in [0.3, 0.4) is 0 Å². The molecule has 0 aliphatic heterocycles. The first-order valence-corrected chi connectivity index (χ1v) is 18.3. The maximum Gasteiger partial charge on any atom is 0.0979 e. The number of fused-ring (bicyclic) bond motifs is 10. The fourth-order valence-electron chi connectivity index (χ4n) is 8.33. The number of aromatic nitrogens is 3. The van der Waals surface area contributed by atoms with Crippen LogP contribution in [0.15, 0.2) is 194 Å². The summed E-state index contributed by atoms with van der Waals surface area (Å²) < 4.78 is 2.41. The van der Waals surface area contributed by atoms with Crippen LogP contribution in [0.4, 0.5) is 17.1 Å². The van der Waals surface area contributed by atoms with Gasteiger partial charge in [-0.25, -0.2) is 4.98 Å². The molecule has 0 unspecified atom stereocenters. The molecule has 9 aromatic carbocycles.